The molecule has 1 aliphatic heterocycles. The number of benzene rings is 2. The monoisotopic (exact) mass is 549 g/mol. The third kappa shape index (κ3) is 8.20. The van der Waals surface area contributed by atoms with Crippen LogP contribution in [0.4, 0.5) is 18.0 Å². The summed E-state index contributed by atoms with van der Waals surface area (Å²) in [6.07, 6.45) is -3.30. The summed E-state index contributed by atoms with van der Waals surface area (Å²) in [4.78, 5) is 26.3. The van der Waals surface area contributed by atoms with E-state index in [1.807, 2.05) is 36.4 Å². The van der Waals surface area contributed by atoms with E-state index < -0.39 is 39.7 Å². The molecule has 1 aliphatic rings. The van der Waals surface area contributed by atoms with Gasteiger partial charge in [-0.05, 0) is 12.1 Å². The Morgan fingerprint density at radius 1 is 0.868 bits per heavy atom. The van der Waals surface area contributed by atoms with Crippen molar-refractivity contribution in [2.75, 3.05) is 26.2 Å². The number of nitrogens with zero attached hydrogens (tertiary/aromatic N) is 3. The molecule has 4 rings (SSSR count). The first-order valence-electron chi connectivity index (χ1n) is 11.6. The van der Waals surface area contributed by atoms with Crippen LogP contribution in [0.25, 0.3) is 5.69 Å². The molecule has 3 amide bonds. The molecule has 0 saturated carbocycles. The zero-order valence-corrected chi connectivity index (χ0v) is 21.0. The van der Waals surface area contributed by atoms with Crippen molar-refractivity contribution in [2.45, 2.75) is 19.0 Å². The highest BCUT2D eigenvalue weighted by Gasteiger charge is 2.39. The minimum Gasteiger partial charge on any atom is -0.350 e. The van der Waals surface area contributed by atoms with Crippen molar-refractivity contribution in [3.63, 3.8) is 0 Å². The van der Waals surface area contributed by atoms with Gasteiger partial charge in [-0.25, -0.2) is 9.48 Å². The van der Waals surface area contributed by atoms with Crippen LogP contribution >= 0.6 is 0 Å². The molecule has 0 unspecified atom stereocenters. The van der Waals surface area contributed by atoms with E-state index in [-0.39, 0.29) is 39.0 Å². The number of piperidine rings is 1. The average molecular weight is 550 g/mol. The quantitative estimate of drug-likeness (QED) is 0.375. The average Bonchev–Trinajstić information content (AvgIpc) is 3.39. The van der Waals surface area contributed by atoms with E-state index in [4.69, 9.17) is 0 Å². The Morgan fingerprint density at radius 2 is 1.39 bits per heavy atom. The summed E-state index contributed by atoms with van der Waals surface area (Å²) in [5.41, 5.74) is -1.57. The standard InChI is InChI=1S/C19H20F3N5O4S.C6H6/c20-19(21,22)16-15(12-27(25-16)13-4-2-1-3-5-13)17(28)23-8-9-24-18(29)26-10-6-14(7-11-26)32(30)31;1-2-4-6-5-3-1/h1-5,12H,6-11H2,(H,23,28)(H,24,29);1-6H. The molecule has 38 heavy (non-hydrogen) atoms. The van der Waals surface area contributed by atoms with Gasteiger partial charge >= 0.3 is 12.2 Å². The van der Waals surface area contributed by atoms with E-state index in [1.165, 1.54) is 4.90 Å². The van der Waals surface area contributed by atoms with Gasteiger partial charge in [-0.1, -0.05) is 54.6 Å². The van der Waals surface area contributed by atoms with Crippen molar-refractivity contribution >= 4 is 27.1 Å². The van der Waals surface area contributed by atoms with Gasteiger partial charge in [-0.15, -0.1) is 0 Å². The van der Waals surface area contributed by atoms with Crippen molar-refractivity contribution in [3.05, 3.63) is 84.2 Å². The highest BCUT2D eigenvalue weighted by molar-refractivity contribution is 7.73. The van der Waals surface area contributed by atoms with Crippen LogP contribution in [0, 0.1) is 0 Å². The summed E-state index contributed by atoms with van der Waals surface area (Å²) < 4.78 is 62.9. The number of aromatic nitrogens is 2. The number of hydrogen-bond acceptors (Lipinski definition) is 5. The van der Waals surface area contributed by atoms with Gasteiger partial charge < -0.3 is 15.5 Å². The fourth-order valence-electron chi connectivity index (χ4n) is 3.53. The Kier molecular flexibility index (Phi) is 10.0. The van der Waals surface area contributed by atoms with Crippen LogP contribution in [-0.4, -0.2) is 66.1 Å². The summed E-state index contributed by atoms with van der Waals surface area (Å²) in [6, 6.07) is 19.6. The molecule has 3 aromatic rings. The lowest BCUT2D eigenvalue weighted by Gasteiger charge is -2.27. The van der Waals surface area contributed by atoms with Crippen LogP contribution in [0.1, 0.15) is 28.9 Å². The number of alkyl halides is 3. The summed E-state index contributed by atoms with van der Waals surface area (Å²) in [5, 5.41) is 8.41. The van der Waals surface area contributed by atoms with E-state index >= 15 is 0 Å². The minimum atomic E-state index is -4.82. The Morgan fingerprint density at radius 3 is 1.92 bits per heavy atom. The zero-order chi connectivity index (χ0) is 27.5. The molecule has 0 bridgehead atoms. The van der Waals surface area contributed by atoms with Gasteiger partial charge in [-0.2, -0.15) is 26.7 Å². The smallest absolute Gasteiger partial charge is 0.350 e. The number of carbonyl (C=O) groups is 2. The molecule has 9 nitrogen and oxygen atoms in total. The number of halogens is 3. The van der Waals surface area contributed by atoms with Crippen LogP contribution in [0.5, 0.6) is 0 Å². The van der Waals surface area contributed by atoms with Crippen LogP contribution in [0.2, 0.25) is 0 Å². The molecule has 0 atom stereocenters. The normalized spacial score (nSPS) is 13.2. The van der Waals surface area contributed by atoms with E-state index in [0.717, 1.165) is 10.9 Å². The number of hydrogen-bond donors (Lipinski definition) is 2. The molecule has 2 heterocycles. The fraction of sp³-hybridized carbons (Fsp3) is 0.280. The maximum absolute atomic E-state index is 13.4. The number of rotatable bonds is 5. The van der Waals surface area contributed by atoms with Gasteiger partial charge in [-0.3, -0.25) is 4.79 Å². The number of amides is 3. The van der Waals surface area contributed by atoms with Gasteiger partial charge in [0.05, 0.1) is 16.1 Å². The van der Waals surface area contributed by atoms with E-state index in [1.54, 1.807) is 30.3 Å². The molecule has 13 heteroatoms. The van der Waals surface area contributed by atoms with Crippen molar-refractivity contribution < 1.29 is 31.2 Å². The van der Waals surface area contributed by atoms with Crippen molar-refractivity contribution in [1.82, 2.24) is 25.3 Å². The molecule has 202 valence electrons. The predicted octanol–water partition coefficient (Wildman–Crippen LogP) is 3.16. The molecule has 2 aromatic carbocycles. The van der Waals surface area contributed by atoms with Crippen LogP contribution < -0.4 is 10.6 Å². The first kappa shape index (κ1) is 28.4. The third-order valence-corrected chi connectivity index (χ3v) is 6.33. The van der Waals surface area contributed by atoms with Crippen LogP contribution in [-0.2, 0) is 16.5 Å². The Hall–Kier alpha value is -4.13. The molecule has 0 aliphatic carbocycles. The predicted molar refractivity (Wildman–Crippen MR) is 135 cm³/mol. The summed E-state index contributed by atoms with van der Waals surface area (Å²) >= 11 is 0. The summed E-state index contributed by atoms with van der Waals surface area (Å²) in [6.45, 7) is 0.373. The van der Waals surface area contributed by atoms with Gasteiger partial charge in [0, 0.05) is 45.2 Å². The van der Waals surface area contributed by atoms with Crippen molar-refractivity contribution in [3.8, 4) is 5.69 Å². The zero-order valence-electron chi connectivity index (χ0n) is 20.2. The highest BCUT2D eigenvalue weighted by atomic mass is 32.2. The molecule has 1 fully saturated rings. The van der Waals surface area contributed by atoms with E-state index in [2.05, 4.69) is 15.7 Å². The van der Waals surface area contributed by atoms with Gasteiger partial charge in [0.25, 0.3) is 5.91 Å². The van der Waals surface area contributed by atoms with Gasteiger partial charge in [0.2, 0.25) is 10.3 Å². The lowest BCUT2D eigenvalue weighted by atomic mass is 10.1. The first-order chi connectivity index (χ1) is 18.2. The third-order valence-electron chi connectivity index (χ3n) is 5.45. The SMILES string of the molecule is O=C(NCCNC(=O)N1CCC(=S(=O)=O)CC1)c1cn(-c2ccccc2)nc1C(F)(F)F.c1ccccc1. The second-order valence-electron chi connectivity index (χ2n) is 8.07. The lowest BCUT2D eigenvalue weighted by molar-refractivity contribution is -0.141. The molecule has 1 saturated heterocycles. The number of para-hydroxylation sites is 1. The summed E-state index contributed by atoms with van der Waals surface area (Å²) in [7, 11) is -2.26. The minimum absolute atomic E-state index is 0.0146. The van der Waals surface area contributed by atoms with Crippen LogP contribution in [0.15, 0.2) is 72.9 Å². The molecular weight excluding hydrogens is 523 g/mol. The second-order valence-corrected chi connectivity index (χ2v) is 9.12. The Balaban J connectivity index is 0.000000585. The highest BCUT2D eigenvalue weighted by Crippen LogP contribution is 2.31. The second kappa shape index (κ2) is 13.4. The van der Waals surface area contributed by atoms with E-state index in [0.29, 0.717) is 10.6 Å². The molecule has 0 spiro atoms. The number of carbonyl (C=O) groups excluding carboxylic acids is 2. The number of urea groups is 1. The Bertz CT molecular complexity index is 1320. The molecular formula is C25H26F3N5O4S. The molecule has 2 N–H and O–H groups in total. The summed E-state index contributed by atoms with van der Waals surface area (Å²) in [5.74, 6) is -0.969. The van der Waals surface area contributed by atoms with Gasteiger partial charge in [0.1, 0.15) is 0 Å². The lowest BCUT2D eigenvalue weighted by Crippen LogP contribution is -2.46. The van der Waals surface area contributed by atoms with Crippen LogP contribution in [0.3, 0.4) is 0 Å². The largest absolute Gasteiger partial charge is 0.435 e. The first-order valence-corrected chi connectivity index (χ1v) is 12.7. The molecule has 0 radical (unpaired) electrons. The maximum atomic E-state index is 13.4. The topological polar surface area (TPSA) is 113 Å². The van der Waals surface area contributed by atoms with E-state index in [9.17, 15) is 31.2 Å². The number of likely N-dealkylation sites (tertiary alicyclic amines) is 1. The van der Waals surface area contributed by atoms with Gasteiger partial charge in [0.15, 0.2) is 5.69 Å². The van der Waals surface area contributed by atoms with Crippen molar-refractivity contribution in [1.29, 1.82) is 0 Å². The van der Waals surface area contributed by atoms with Crippen molar-refractivity contribution in [2.24, 2.45) is 0 Å². The molecule has 1 aromatic heterocycles. The fourth-order valence-corrected chi connectivity index (χ4v) is 4.04. The Labute approximate surface area is 218 Å². The number of nitrogens with one attached hydrogen (secondary N) is 2. The maximum Gasteiger partial charge on any atom is 0.435 e.